The standard InChI is InChI=1S/C31H31ClFN3O4/c1-20-29(23-13-7-10-21(17-23)9-5-6-16-28(37)38)30(39)36(19-27(34)22-11-3-2-4-12-22)31(40)35(20)18-24-25(32)14-8-15-26(24)33/h2-4,7-8,10-15,17,27H,5-6,9,16,18-19,34H2,1H3,(H,37,38)/t27-/m0/s1. The number of unbranched alkanes of at least 4 members (excludes halogenated alkanes) is 1. The molecule has 1 atom stereocenters. The van der Waals surface area contributed by atoms with Gasteiger partial charge < -0.3 is 10.8 Å². The topological polar surface area (TPSA) is 107 Å². The summed E-state index contributed by atoms with van der Waals surface area (Å²) in [7, 11) is 0. The summed E-state index contributed by atoms with van der Waals surface area (Å²) in [6.07, 6.45) is 1.94. The number of nitrogens with two attached hydrogens (primary N) is 1. The molecule has 0 saturated heterocycles. The number of halogens is 2. The smallest absolute Gasteiger partial charge is 0.331 e. The van der Waals surface area contributed by atoms with Crippen molar-refractivity contribution in [1.82, 2.24) is 9.13 Å². The molecule has 4 rings (SSSR count). The molecule has 4 aromatic rings. The highest BCUT2D eigenvalue weighted by molar-refractivity contribution is 6.31. The van der Waals surface area contributed by atoms with Crippen LogP contribution in [0.4, 0.5) is 4.39 Å². The zero-order chi connectivity index (χ0) is 28.8. The van der Waals surface area contributed by atoms with E-state index in [4.69, 9.17) is 22.4 Å². The maximum atomic E-state index is 14.8. The summed E-state index contributed by atoms with van der Waals surface area (Å²) in [6, 6.07) is 20.3. The van der Waals surface area contributed by atoms with E-state index in [0.29, 0.717) is 36.1 Å². The summed E-state index contributed by atoms with van der Waals surface area (Å²) in [4.78, 5) is 38.5. The van der Waals surface area contributed by atoms with Crippen LogP contribution in [-0.4, -0.2) is 20.2 Å². The van der Waals surface area contributed by atoms with E-state index in [1.165, 1.54) is 16.7 Å². The zero-order valence-corrected chi connectivity index (χ0v) is 22.9. The minimum atomic E-state index is -0.837. The number of hydrogen-bond donors (Lipinski definition) is 2. The third-order valence-electron chi connectivity index (χ3n) is 6.99. The Morgan fingerprint density at radius 2 is 1.73 bits per heavy atom. The summed E-state index contributed by atoms with van der Waals surface area (Å²) in [6.45, 7) is 1.42. The van der Waals surface area contributed by atoms with Crippen molar-refractivity contribution >= 4 is 17.6 Å². The SMILES string of the molecule is Cc1c(-c2cccc(CCCCC(=O)O)c2)c(=O)n(C[C@H](N)c2ccccc2)c(=O)n1Cc1c(F)cccc1Cl. The number of benzene rings is 3. The maximum absolute atomic E-state index is 14.8. The molecule has 3 aromatic carbocycles. The van der Waals surface area contributed by atoms with Crippen LogP contribution in [0.25, 0.3) is 11.1 Å². The number of carbonyl (C=O) groups is 1. The van der Waals surface area contributed by atoms with Crippen LogP contribution in [0.5, 0.6) is 0 Å². The first kappa shape index (κ1) is 29.0. The summed E-state index contributed by atoms with van der Waals surface area (Å²) < 4.78 is 17.2. The molecule has 1 aromatic heterocycles. The first-order valence-electron chi connectivity index (χ1n) is 13.1. The largest absolute Gasteiger partial charge is 0.481 e. The predicted molar refractivity (Wildman–Crippen MR) is 154 cm³/mol. The van der Waals surface area contributed by atoms with Gasteiger partial charge in [-0.3, -0.25) is 18.7 Å². The lowest BCUT2D eigenvalue weighted by Gasteiger charge is -2.20. The molecule has 40 heavy (non-hydrogen) atoms. The van der Waals surface area contributed by atoms with Crippen LogP contribution >= 0.6 is 11.6 Å². The highest BCUT2D eigenvalue weighted by atomic mass is 35.5. The summed E-state index contributed by atoms with van der Waals surface area (Å²) in [5, 5.41) is 9.08. The lowest BCUT2D eigenvalue weighted by atomic mass is 9.99. The quantitative estimate of drug-likeness (QED) is 0.240. The average Bonchev–Trinajstić information content (AvgIpc) is 2.93. The molecule has 3 N–H and O–H groups in total. The molecule has 0 amide bonds. The molecule has 0 aliphatic heterocycles. The lowest BCUT2D eigenvalue weighted by molar-refractivity contribution is -0.137. The van der Waals surface area contributed by atoms with Gasteiger partial charge in [0, 0.05) is 28.7 Å². The summed E-state index contributed by atoms with van der Waals surface area (Å²) in [5.74, 6) is -1.39. The Labute approximate surface area is 236 Å². The van der Waals surface area contributed by atoms with Crippen LogP contribution < -0.4 is 17.0 Å². The third kappa shape index (κ3) is 6.58. The summed E-state index contributed by atoms with van der Waals surface area (Å²) in [5.41, 5.74) is 8.45. The van der Waals surface area contributed by atoms with Crippen molar-refractivity contribution < 1.29 is 14.3 Å². The molecule has 0 saturated carbocycles. The molecule has 208 valence electrons. The van der Waals surface area contributed by atoms with E-state index in [9.17, 15) is 18.8 Å². The van der Waals surface area contributed by atoms with E-state index in [0.717, 1.165) is 15.7 Å². The highest BCUT2D eigenvalue weighted by Gasteiger charge is 2.21. The third-order valence-corrected chi connectivity index (χ3v) is 7.35. The Kier molecular flexibility index (Phi) is 9.34. The molecule has 0 spiro atoms. The molecule has 7 nitrogen and oxygen atoms in total. The fraction of sp³-hybridized carbons (Fsp3) is 0.258. The van der Waals surface area contributed by atoms with Gasteiger partial charge in [0.15, 0.2) is 0 Å². The molecular formula is C31H31ClFN3O4. The molecule has 0 fully saturated rings. The van der Waals surface area contributed by atoms with Crippen molar-refractivity contribution in [3.05, 3.63) is 127 Å². The van der Waals surface area contributed by atoms with Crippen molar-refractivity contribution in [3.63, 3.8) is 0 Å². The number of hydrogen-bond acceptors (Lipinski definition) is 4. The van der Waals surface area contributed by atoms with Gasteiger partial charge in [0.05, 0.1) is 18.7 Å². The monoisotopic (exact) mass is 563 g/mol. The van der Waals surface area contributed by atoms with Crippen LogP contribution in [0.1, 0.15) is 47.7 Å². The van der Waals surface area contributed by atoms with Crippen molar-refractivity contribution in [2.45, 2.75) is 51.7 Å². The Bertz CT molecular complexity index is 1610. The molecule has 0 aliphatic carbocycles. The number of aromatic nitrogens is 2. The molecule has 0 unspecified atom stereocenters. The second-order valence-corrected chi connectivity index (χ2v) is 10.2. The Balaban J connectivity index is 1.82. The van der Waals surface area contributed by atoms with Crippen molar-refractivity contribution in [1.29, 1.82) is 0 Å². The number of nitrogens with zero attached hydrogens (tertiary/aromatic N) is 2. The number of carboxylic acids is 1. The Morgan fingerprint density at radius 1 is 1.00 bits per heavy atom. The Hall–Kier alpha value is -4.01. The van der Waals surface area contributed by atoms with E-state index < -0.39 is 29.1 Å². The van der Waals surface area contributed by atoms with E-state index in [1.807, 2.05) is 48.5 Å². The fourth-order valence-electron chi connectivity index (χ4n) is 4.81. The van der Waals surface area contributed by atoms with E-state index >= 15 is 0 Å². The van der Waals surface area contributed by atoms with Crippen molar-refractivity contribution in [2.24, 2.45) is 5.73 Å². The second kappa shape index (κ2) is 12.9. The van der Waals surface area contributed by atoms with Crippen molar-refractivity contribution in [2.75, 3.05) is 0 Å². The van der Waals surface area contributed by atoms with Crippen LogP contribution in [-0.2, 0) is 24.3 Å². The van der Waals surface area contributed by atoms with E-state index in [-0.39, 0.29) is 30.1 Å². The highest BCUT2D eigenvalue weighted by Crippen LogP contribution is 2.24. The van der Waals surface area contributed by atoms with Gasteiger partial charge in [-0.05, 0) is 55.0 Å². The van der Waals surface area contributed by atoms with Gasteiger partial charge in [0.25, 0.3) is 5.56 Å². The van der Waals surface area contributed by atoms with Gasteiger partial charge in [0.2, 0.25) is 0 Å². The van der Waals surface area contributed by atoms with Gasteiger partial charge in [-0.2, -0.15) is 0 Å². The number of carboxylic acid groups (broad SMARTS) is 1. The molecular weight excluding hydrogens is 533 g/mol. The minimum Gasteiger partial charge on any atom is -0.481 e. The average molecular weight is 564 g/mol. The zero-order valence-electron chi connectivity index (χ0n) is 22.1. The van der Waals surface area contributed by atoms with Gasteiger partial charge in [-0.1, -0.05) is 72.3 Å². The number of rotatable bonds is 11. The van der Waals surface area contributed by atoms with Gasteiger partial charge in [0.1, 0.15) is 5.82 Å². The van der Waals surface area contributed by atoms with Crippen LogP contribution in [0.3, 0.4) is 0 Å². The second-order valence-electron chi connectivity index (χ2n) is 9.76. The number of aryl methyl sites for hydroxylation is 1. The molecule has 0 aliphatic rings. The van der Waals surface area contributed by atoms with Crippen LogP contribution in [0, 0.1) is 12.7 Å². The molecule has 1 heterocycles. The first-order valence-corrected chi connectivity index (χ1v) is 13.4. The molecule has 0 radical (unpaired) electrons. The van der Waals surface area contributed by atoms with E-state index in [2.05, 4.69) is 0 Å². The minimum absolute atomic E-state index is 0.0746. The van der Waals surface area contributed by atoms with Gasteiger partial charge >= 0.3 is 11.7 Å². The van der Waals surface area contributed by atoms with Gasteiger partial charge in [-0.25, -0.2) is 9.18 Å². The lowest BCUT2D eigenvalue weighted by Crippen LogP contribution is -2.44. The van der Waals surface area contributed by atoms with Crippen molar-refractivity contribution in [3.8, 4) is 11.1 Å². The summed E-state index contributed by atoms with van der Waals surface area (Å²) >= 11 is 6.30. The fourth-order valence-corrected chi connectivity index (χ4v) is 5.03. The van der Waals surface area contributed by atoms with E-state index in [1.54, 1.807) is 19.1 Å². The predicted octanol–water partition coefficient (Wildman–Crippen LogP) is 5.32. The molecule has 0 bridgehead atoms. The Morgan fingerprint density at radius 3 is 2.42 bits per heavy atom. The van der Waals surface area contributed by atoms with Gasteiger partial charge in [-0.15, -0.1) is 0 Å². The normalized spacial score (nSPS) is 11.9. The van der Waals surface area contributed by atoms with Crippen LogP contribution in [0.15, 0.2) is 82.4 Å². The van der Waals surface area contributed by atoms with Crippen LogP contribution in [0.2, 0.25) is 5.02 Å². The molecule has 9 heteroatoms. The first-order chi connectivity index (χ1) is 19.2. The number of aliphatic carboxylic acids is 1. The maximum Gasteiger partial charge on any atom is 0.331 e.